The van der Waals surface area contributed by atoms with Crippen molar-refractivity contribution in [1.29, 1.82) is 0 Å². The lowest BCUT2D eigenvalue weighted by atomic mass is 10.1. The maximum absolute atomic E-state index is 12.2. The average Bonchev–Trinajstić information content (AvgIpc) is 3.35. The molecule has 4 heteroatoms. The van der Waals surface area contributed by atoms with E-state index in [0.717, 1.165) is 77.2 Å². The van der Waals surface area contributed by atoms with E-state index in [1.807, 2.05) is 0 Å². The summed E-state index contributed by atoms with van der Waals surface area (Å²) in [5.74, 6) is 1.83. The molecule has 2 heterocycles. The van der Waals surface area contributed by atoms with E-state index in [1.54, 1.807) is 0 Å². The first-order valence-corrected chi connectivity index (χ1v) is 9.05. The van der Waals surface area contributed by atoms with Gasteiger partial charge in [0.05, 0.1) is 6.61 Å². The first-order valence-electron chi connectivity index (χ1n) is 9.05. The Kier molecular flexibility index (Phi) is 4.25. The monoisotopic (exact) mass is 314 g/mol. The van der Waals surface area contributed by atoms with Gasteiger partial charge in [-0.1, -0.05) is 12.1 Å². The summed E-state index contributed by atoms with van der Waals surface area (Å²) in [7, 11) is 0. The molecule has 0 N–H and O–H groups in total. The molecule has 0 aromatic heterocycles. The average molecular weight is 314 g/mol. The van der Waals surface area contributed by atoms with Gasteiger partial charge in [-0.3, -0.25) is 4.79 Å². The first kappa shape index (κ1) is 15.0. The topological polar surface area (TPSA) is 32.8 Å². The fraction of sp³-hybridized carbons (Fsp3) is 0.632. The van der Waals surface area contributed by atoms with Gasteiger partial charge >= 0.3 is 0 Å². The Morgan fingerprint density at radius 1 is 1.17 bits per heavy atom. The highest BCUT2D eigenvalue weighted by Crippen LogP contribution is 2.31. The Labute approximate surface area is 138 Å². The lowest BCUT2D eigenvalue weighted by Gasteiger charge is -2.22. The van der Waals surface area contributed by atoms with Gasteiger partial charge in [0.1, 0.15) is 5.75 Å². The van der Waals surface area contributed by atoms with Crippen LogP contribution in [0.2, 0.25) is 0 Å². The molecule has 1 aliphatic carbocycles. The molecule has 0 bridgehead atoms. The van der Waals surface area contributed by atoms with Gasteiger partial charge in [-0.05, 0) is 49.4 Å². The molecular weight excluding hydrogens is 288 g/mol. The Hall–Kier alpha value is -1.55. The summed E-state index contributed by atoms with van der Waals surface area (Å²) in [6.45, 7) is 5.91. The maximum Gasteiger partial charge on any atom is 0.225 e. The minimum Gasteiger partial charge on any atom is -0.493 e. The maximum atomic E-state index is 12.2. The van der Waals surface area contributed by atoms with E-state index < -0.39 is 0 Å². The highest BCUT2D eigenvalue weighted by Gasteiger charge is 2.33. The van der Waals surface area contributed by atoms with Crippen LogP contribution in [0.5, 0.6) is 5.75 Å². The molecule has 0 atom stereocenters. The molecule has 23 heavy (non-hydrogen) atoms. The van der Waals surface area contributed by atoms with E-state index >= 15 is 0 Å². The van der Waals surface area contributed by atoms with Crippen molar-refractivity contribution in [2.75, 3.05) is 39.3 Å². The molecule has 1 aromatic rings. The lowest BCUT2D eigenvalue weighted by Crippen LogP contribution is -2.36. The Morgan fingerprint density at radius 3 is 2.96 bits per heavy atom. The molecule has 1 amide bonds. The molecule has 4 rings (SSSR count). The van der Waals surface area contributed by atoms with E-state index in [-0.39, 0.29) is 0 Å². The highest BCUT2D eigenvalue weighted by atomic mass is 16.5. The quantitative estimate of drug-likeness (QED) is 0.853. The first-order chi connectivity index (χ1) is 11.3. The van der Waals surface area contributed by atoms with Crippen molar-refractivity contribution in [2.45, 2.75) is 32.1 Å². The molecule has 1 saturated heterocycles. The minimum absolute atomic E-state index is 0.357. The van der Waals surface area contributed by atoms with Crippen LogP contribution >= 0.6 is 0 Å². The van der Waals surface area contributed by atoms with Gasteiger partial charge in [-0.15, -0.1) is 0 Å². The molecule has 2 aliphatic heterocycles. The second-order valence-corrected chi connectivity index (χ2v) is 7.09. The second-order valence-electron chi connectivity index (χ2n) is 7.09. The smallest absolute Gasteiger partial charge is 0.225 e. The van der Waals surface area contributed by atoms with Crippen molar-refractivity contribution in [2.24, 2.45) is 5.92 Å². The summed E-state index contributed by atoms with van der Waals surface area (Å²) < 4.78 is 5.58. The summed E-state index contributed by atoms with van der Waals surface area (Å²) in [6.07, 6.45) is 5.47. The van der Waals surface area contributed by atoms with Crippen LogP contribution in [0.3, 0.4) is 0 Å². The van der Waals surface area contributed by atoms with Crippen LogP contribution in [-0.2, 0) is 17.6 Å². The van der Waals surface area contributed by atoms with Crippen molar-refractivity contribution in [3.8, 4) is 5.75 Å². The van der Waals surface area contributed by atoms with Crippen LogP contribution < -0.4 is 4.74 Å². The van der Waals surface area contributed by atoms with Crippen molar-refractivity contribution in [3.63, 3.8) is 0 Å². The van der Waals surface area contributed by atoms with Crippen LogP contribution in [0.4, 0.5) is 0 Å². The van der Waals surface area contributed by atoms with Crippen molar-refractivity contribution in [3.05, 3.63) is 29.3 Å². The zero-order valence-electron chi connectivity index (χ0n) is 13.8. The van der Waals surface area contributed by atoms with E-state index in [0.29, 0.717) is 11.8 Å². The summed E-state index contributed by atoms with van der Waals surface area (Å²) >= 11 is 0. The number of hydrogen-bond acceptors (Lipinski definition) is 3. The van der Waals surface area contributed by atoms with Gasteiger partial charge in [0.2, 0.25) is 5.91 Å². The van der Waals surface area contributed by atoms with Crippen molar-refractivity contribution < 1.29 is 9.53 Å². The minimum atomic E-state index is 0.357. The standard InChI is InChI=1S/C19H26N2O2/c22-19(16-3-4-16)21-9-1-8-20(11-12-21)10-6-15-2-5-18-17(14-15)7-13-23-18/h2,5,14,16H,1,3-4,6-13H2. The third-order valence-electron chi connectivity index (χ3n) is 5.30. The number of benzene rings is 1. The summed E-state index contributed by atoms with van der Waals surface area (Å²) in [6, 6.07) is 6.63. The van der Waals surface area contributed by atoms with Gasteiger partial charge in [0, 0.05) is 38.5 Å². The van der Waals surface area contributed by atoms with Gasteiger partial charge in [0.15, 0.2) is 0 Å². The normalized spacial score (nSPS) is 21.7. The van der Waals surface area contributed by atoms with Gasteiger partial charge < -0.3 is 14.5 Å². The fourth-order valence-corrected chi connectivity index (χ4v) is 3.69. The SMILES string of the molecule is O=C(C1CC1)N1CCCN(CCc2ccc3c(c2)CCO3)CC1. The number of hydrogen-bond donors (Lipinski definition) is 0. The Balaban J connectivity index is 1.28. The lowest BCUT2D eigenvalue weighted by molar-refractivity contribution is -0.132. The van der Waals surface area contributed by atoms with Crippen LogP contribution in [0.25, 0.3) is 0 Å². The molecule has 4 nitrogen and oxygen atoms in total. The number of fused-ring (bicyclic) bond motifs is 1. The molecule has 0 radical (unpaired) electrons. The molecule has 1 aromatic carbocycles. The molecule has 1 saturated carbocycles. The predicted octanol–water partition coefficient (Wildman–Crippen LogP) is 2.11. The fourth-order valence-electron chi connectivity index (χ4n) is 3.69. The summed E-state index contributed by atoms with van der Waals surface area (Å²) in [5, 5.41) is 0. The summed E-state index contributed by atoms with van der Waals surface area (Å²) in [4.78, 5) is 16.8. The number of amides is 1. The van der Waals surface area contributed by atoms with Crippen LogP contribution in [0.15, 0.2) is 18.2 Å². The number of rotatable bonds is 4. The molecule has 2 fully saturated rings. The van der Waals surface area contributed by atoms with Crippen molar-refractivity contribution in [1.82, 2.24) is 9.80 Å². The number of carbonyl (C=O) groups is 1. The summed E-state index contributed by atoms with van der Waals surface area (Å²) in [5.41, 5.74) is 2.77. The van der Waals surface area contributed by atoms with Crippen LogP contribution in [-0.4, -0.2) is 55.0 Å². The van der Waals surface area contributed by atoms with Gasteiger partial charge in [0.25, 0.3) is 0 Å². The number of carbonyl (C=O) groups excluding carboxylic acids is 1. The van der Waals surface area contributed by atoms with Crippen molar-refractivity contribution >= 4 is 5.91 Å². The second kappa shape index (κ2) is 6.52. The number of nitrogens with zero attached hydrogens (tertiary/aromatic N) is 2. The Bertz CT molecular complexity index is 583. The highest BCUT2D eigenvalue weighted by molar-refractivity contribution is 5.81. The van der Waals surface area contributed by atoms with E-state index in [2.05, 4.69) is 28.0 Å². The zero-order chi connectivity index (χ0) is 15.6. The molecule has 0 spiro atoms. The van der Waals surface area contributed by atoms with Gasteiger partial charge in [-0.25, -0.2) is 0 Å². The van der Waals surface area contributed by atoms with Gasteiger partial charge in [-0.2, -0.15) is 0 Å². The largest absolute Gasteiger partial charge is 0.493 e. The van der Waals surface area contributed by atoms with E-state index in [1.165, 1.54) is 11.1 Å². The van der Waals surface area contributed by atoms with E-state index in [9.17, 15) is 4.79 Å². The number of ether oxygens (including phenoxy) is 1. The third-order valence-corrected chi connectivity index (χ3v) is 5.30. The predicted molar refractivity (Wildman–Crippen MR) is 89.7 cm³/mol. The van der Waals surface area contributed by atoms with Crippen LogP contribution in [0.1, 0.15) is 30.4 Å². The molecular formula is C19H26N2O2. The zero-order valence-corrected chi connectivity index (χ0v) is 13.8. The van der Waals surface area contributed by atoms with E-state index in [4.69, 9.17) is 4.74 Å². The van der Waals surface area contributed by atoms with Crippen LogP contribution in [0, 0.1) is 5.92 Å². The molecule has 0 unspecified atom stereocenters. The molecule has 124 valence electrons. The Morgan fingerprint density at radius 2 is 2.09 bits per heavy atom. The molecule has 3 aliphatic rings. The third kappa shape index (κ3) is 3.52.